The molecule has 4 aromatic rings. The molecule has 0 spiro atoms. The van der Waals surface area contributed by atoms with E-state index in [0.717, 1.165) is 20.9 Å². The molecule has 0 bridgehead atoms. The van der Waals surface area contributed by atoms with E-state index in [-0.39, 0.29) is 24.3 Å². The van der Waals surface area contributed by atoms with Crippen molar-refractivity contribution in [3.63, 3.8) is 0 Å². The molecule has 1 unspecified atom stereocenters. The molecule has 0 radical (unpaired) electrons. The number of rotatable bonds is 9. The summed E-state index contributed by atoms with van der Waals surface area (Å²) in [5.74, 6) is -1.72. The summed E-state index contributed by atoms with van der Waals surface area (Å²) in [6.07, 6.45) is 0.489. The lowest BCUT2D eigenvalue weighted by Crippen LogP contribution is -2.34. The molecule has 1 aromatic heterocycles. The third-order valence-electron chi connectivity index (χ3n) is 7.01. The Morgan fingerprint density at radius 1 is 1.00 bits per heavy atom. The minimum absolute atomic E-state index is 0.0519. The van der Waals surface area contributed by atoms with Crippen LogP contribution in [0.1, 0.15) is 55.8 Å². The zero-order valence-electron chi connectivity index (χ0n) is 24.1. The number of fused-ring (bicyclic) bond motifs is 1. The van der Waals surface area contributed by atoms with E-state index in [4.69, 9.17) is 4.74 Å². The Morgan fingerprint density at radius 2 is 1.75 bits per heavy atom. The average Bonchev–Trinajstić information content (AvgIpc) is 3.38. The molecule has 5 rings (SSSR count). The van der Waals surface area contributed by atoms with Gasteiger partial charge in [0.25, 0.3) is 5.91 Å². The van der Waals surface area contributed by atoms with Crippen LogP contribution in [-0.2, 0) is 27.3 Å². The maximum absolute atomic E-state index is 14.0. The van der Waals surface area contributed by atoms with Crippen LogP contribution in [0.4, 0.5) is 15.1 Å². The van der Waals surface area contributed by atoms with Crippen molar-refractivity contribution in [1.29, 1.82) is 0 Å². The summed E-state index contributed by atoms with van der Waals surface area (Å²) >= 11 is 2.58. The Balaban J connectivity index is 1.41. The van der Waals surface area contributed by atoms with E-state index in [1.54, 1.807) is 30.0 Å². The molecule has 1 atom stereocenters. The second-order valence-electron chi connectivity index (χ2n) is 10.0. The Hall–Kier alpha value is -4.48. The summed E-state index contributed by atoms with van der Waals surface area (Å²) in [7, 11) is 0. The van der Waals surface area contributed by atoms with Crippen LogP contribution in [0.15, 0.2) is 83.8 Å². The predicted molar refractivity (Wildman–Crippen MR) is 170 cm³/mol. The van der Waals surface area contributed by atoms with Gasteiger partial charge in [-0.05, 0) is 66.9 Å². The van der Waals surface area contributed by atoms with Crippen molar-refractivity contribution in [1.82, 2.24) is 4.90 Å². The first-order valence-electron chi connectivity index (χ1n) is 14.0. The number of hydrogen-bond donors (Lipinski definition) is 2. The Bertz CT molecular complexity index is 1690. The van der Waals surface area contributed by atoms with Crippen molar-refractivity contribution >= 4 is 57.5 Å². The van der Waals surface area contributed by atoms with E-state index in [1.165, 1.54) is 54.3 Å². The Morgan fingerprint density at radius 3 is 2.45 bits per heavy atom. The van der Waals surface area contributed by atoms with Crippen LogP contribution < -0.4 is 10.6 Å². The summed E-state index contributed by atoms with van der Waals surface area (Å²) in [4.78, 5) is 55.0. The monoisotopic (exact) mass is 631 g/mol. The first-order valence-corrected chi connectivity index (χ1v) is 15.7. The number of anilines is 2. The normalized spacial score (nSPS) is 13.0. The highest BCUT2D eigenvalue weighted by Crippen LogP contribution is 2.41. The molecule has 11 heteroatoms. The standard InChI is InChI=1S/C33H30FN3O5S2/c1-3-42-33(41)28-26-16-17-37(20(2)38)19-27(26)44-32(28)36-31(40)29(21-8-5-4-6-9-21)43-25-11-7-10-24(18-25)35-30(39)22-12-14-23(34)15-13-22/h4-15,18,29H,3,16-17,19H2,1-2H3,(H,35,39)(H,36,40). The highest BCUT2D eigenvalue weighted by atomic mass is 32.2. The van der Waals surface area contributed by atoms with Crippen molar-refractivity contribution in [3.8, 4) is 0 Å². The van der Waals surface area contributed by atoms with Gasteiger partial charge in [-0.25, -0.2) is 9.18 Å². The Kier molecular flexibility index (Phi) is 9.76. The van der Waals surface area contributed by atoms with Crippen LogP contribution in [0.5, 0.6) is 0 Å². The van der Waals surface area contributed by atoms with Gasteiger partial charge in [0.2, 0.25) is 11.8 Å². The molecule has 0 saturated heterocycles. The van der Waals surface area contributed by atoms with E-state index < -0.39 is 17.0 Å². The fourth-order valence-electron chi connectivity index (χ4n) is 4.85. The van der Waals surface area contributed by atoms with Crippen molar-refractivity contribution in [2.75, 3.05) is 23.8 Å². The molecule has 0 fully saturated rings. The number of halogens is 1. The van der Waals surface area contributed by atoms with Crippen molar-refractivity contribution in [2.24, 2.45) is 0 Å². The van der Waals surface area contributed by atoms with E-state index in [9.17, 15) is 23.6 Å². The summed E-state index contributed by atoms with van der Waals surface area (Å²) in [6, 6.07) is 21.6. The van der Waals surface area contributed by atoms with Crippen LogP contribution >= 0.6 is 23.1 Å². The zero-order valence-corrected chi connectivity index (χ0v) is 25.7. The lowest BCUT2D eigenvalue weighted by Gasteiger charge is -2.25. The molecule has 3 amide bonds. The number of nitrogens with zero attached hydrogens (tertiary/aromatic N) is 1. The third kappa shape index (κ3) is 7.17. The molecule has 0 aliphatic carbocycles. The highest BCUT2D eigenvalue weighted by Gasteiger charge is 2.32. The van der Waals surface area contributed by atoms with Gasteiger partial charge in [0.15, 0.2) is 0 Å². The number of thioether (sulfide) groups is 1. The van der Waals surface area contributed by atoms with E-state index in [0.29, 0.717) is 41.3 Å². The molecular formula is C33H30FN3O5S2. The van der Waals surface area contributed by atoms with E-state index >= 15 is 0 Å². The molecule has 1 aliphatic heterocycles. The summed E-state index contributed by atoms with van der Waals surface area (Å²) in [5.41, 5.74) is 2.72. The summed E-state index contributed by atoms with van der Waals surface area (Å²) < 4.78 is 18.6. The minimum Gasteiger partial charge on any atom is -0.462 e. The SMILES string of the molecule is CCOC(=O)c1c(NC(=O)C(Sc2cccc(NC(=O)c3ccc(F)cc3)c2)c2ccccc2)sc2c1CCN(C(C)=O)C2. The number of ether oxygens (including phenoxy) is 1. The van der Waals surface area contributed by atoms with Crippen LogP contribution in [0.3, 0.4) is 0 Å². The maximum Gasteiger partial charge on any atom is 0.341 e. The lowest BCUT2D eigenvalue weighted by molar-refractivity contribution is -0.129. The topological polar surface area (TPSA) is 105 Å². The molecule has 2 heterocycles. The molecule has 3 aromatic carbocycles. The summed E-state index contributed by atoms with van der Waals surface area (Å²) in [6.45, 7) is 4.27. The van der Waals surface area contributed by atoms with Gasteiger partial charge in [-0.1, -0.05) is 36.4 Å². The molecule has 8 nitrogen and oxygen atoms in total. The molecule has 44 heavy (non-hydrogen) atoms. The van der Waals surface area contributed by atoms with Gasteiger partial charge >= 0.3 is 5.97 Å². The lowest BCUT2D eigenvalue weighted by atomic mass is 10.0. The van der Waals surface area contributed by atoms with Gasteiger partial charge in [-0.2, -0.15) is 0 Å². The molecule has 0 saturated carbocycles. The predicted octanol–water partition coefficient (Wildman–Crippen LogP) is 6.69. The molecule has 226 valence electrons. The number of amides is 3. The molecule has 2 N–H and O–H groups in total. The molecular weight excluding hydrogens is 602 g/mol. The highest BCUT2D eigenvalue weighted by molar-refractivity contribution is 8.00. The number of benzene rings is 3. The third-order valence-corrected chi connectivity index (χ3v) is 9.39. The smallest absolute Gasteiger partial charge is 0.341 e. The number of carbonyl (C=O) groups is 4. The van der Waals surface area contributed by atoms with Gasteiger partial charge < -0.3 is 20.3 Å². The van der Waals surface area contributed by atoms with Crippen molar-refractivity contribution in [2.45, 2.75) is 37.0 Å². The number of carbonyl (C=O) groups excluding carboxylic acids is 4. The quantitative estimate of drug-likeness (QED) is 0.158. The zero-order chi connectivity index (χ0) is 31.2. The van der Waals surface area contributed by atoms with Gasteiger partial charge in [-0.3, -0.25) is 14.4 Å². The van der Waals surface area contributed by atoms with Crippen molar-refractivity contribution in [3.05, 3.63) is 112 Å². The fourth-order valence-corrected chi connectivity index (χ4v) is 7.18. The second-order valence-corrected chi connectivity index (χ2v) is 12.3. The first-order chi connectivity index (χ1) is 21.2. The van der Waals surface area contributed by atoms with E-state index in [1.807, 2.05) is 36.4 Å². The maximum atomic E-state index is 14.0. The number of nitrogens with one attached hydrogen (secondary N) is 2. The number of hydrogen-bond acceptors (Lipinski definition) is 7. The minimum atomic E-state index is -0.706. The Labute approximate surface area is 262 Å². The summed E-state index contributed by atoms with van der Waals surface area (Å²) in [5, 5.41) is 5.50. The van der Waals surface area contributed by atoms with Crippen molar-refractivity contribution < 1.29 is 28.3 Å². The van der Waals surface area contributed by atoms with Gasteiger partial charge in [0.05, 0.1) is 18.7 Å². The van der Waals surface area contributed by atoms with Gasteiger partial charge in [-0.15, -0.1) is 23.1 Å². The van der Waals surface area contributed by atoms with Crippen LogP contribution in [0.25, 0.3) is 0 Å². The van der Waals surface area contributed by atoms with Crippen LogP contribution in [-0.4, -0.2) is 41.7 Å². The van der Waals surface area contributed by atoms with Crippen LogP contribution in [0, 0.1) is 5.82 Å². The number of esters is 1. The second kappa shape index (κ2) is 13.9. The fraction of sp³-hybridized carbons (Fsp3) is 0.212. The molecule has 1 aliphatic rings. The largest absolute Gasteiger partial charge is 0.462 e. The first kappa shape index (κ1) is 31.0. The van der Waals surface area contributed by atoms with Gasteiger partial charge in [0, 0.05) is 34.5 Å². The number of thiophene rings is 1. The van der Waals surface area contributed by atoms with Crippen LogP contribution in [0.2, 0.25) is 0 Å². The van der Waals surface area contributed by atoms with E-state index in [2.05, 4.69) is 10.6 Å². The van der Waals surface area contributed by atoms with Gasteiger partial charge in [0.1, 0.15) is 16.1 Å². The average molecular weight is 632 g/mol.